The molecule has 1 aromatic heterocycles. The van der Waals surface area contributed by atoms with Crippen LogP contribution in [0.25, 0.3) is 0 Å². The minimum atomic E-state index is -0.221. The molecule has 84 valence electrons. The number of benzene rings is 1. The fourth-order valence-corrected chi connectivity index (χ4v) is 2.85. The number of hydrogen-bond acceptors (Lipinski definition) is 4. The first-order valence-corrected chi connectivity index (χ1v) is 6.51. The first-order valence-electron chi connectivity index (χ1n) is 4.71. The molecule has 16 heavy (non-hydrogen) atoms. The van der Waals surface area contributed by atoms with Crippen LogP contribution in [0, 0.1) is 5.82 Å². The molecule has 1 N–H and O–H groups in total. The van der Waals surface area contributed by atoms with Gasteiger partial charge in [0, 0.05) is 11.1 Å². The van der Waals surface area contributed by atoms with E-state index in [2.05, 4.69) is 4.98 Å². The van der Waals surface area contributed by atoms with Gasteiger partial charge in [-0.2, -0.15) is 0 Å². The Morgan fingerprint density at radius 2 is 2.06 bits per heavy atom. The van der Waals surface area contributed by atoms with Gasteiger partial charge in [0.15, 0.2) is 0 Å². The molecule has 0 bridgehead atoms. The van der Waals surface area contributed by atoms with Crippen molar-refractivity contribution in [2.24, 2.45) is 0 Å². The summed E-state index contributed by atoms with van der Waals surface area (Å²) >= 11 is 3.10. The van der Waals surface area contributed by atoms with E-state index in [4.69, 9.17) is 5.11 Å². The van der Waals surface area contributed by atoms with E-state index < -0.39 is 0 Å². The van der Waals surface area contributed by atoms with E-state index >= 15 is 0 Å². The van der Waals surface area contributed by atoms with Gasteiger partial charge in [-0.1, -0.05) is 0 Å². The lowest BCUT2D eigenvalue weighted by atomic mass is 10.4. The normalized spacial score (nSPS) is 10.6. The second kappa shape index (κ2) is 5.43. The second-order valence-electron chi connectivity index (χ2n) is 3.12. The largest absolute Gasteiger partial charge is 0.391 e. The minimum Gasteiger partial charge on any atom is -0.391 e. The summed E-state index contributed by atoms with van der Waals surface area (Å²) < 4.78 is 12.7. The predicted molar refractivity (Wildman–Crippen MR) is 64.0 cm³/mol. The Labute approximate surface area is 101 Å². The summed E-state index contributed by atoms with van der Waals surface area (Å²) in [6.45, 7) is 0.0406. The molecule has 0 amide bonds. The van der Waals surface area contributed by atoms with Crippen molar-refractivity contribution in [3.63, 3.8) is 0 Å². The Bertz CT molecular complexity index is 455. The summed E-state index contributed by atoms with van der Waals surface area (Å²) in [5, 5.41) is 9.86. The summed E-state index contributed by atoms with van der Waals surface area (Å²) in [4.78, 5) is 6.07. The van der Waals surface area contributed by atoms with Crippen LogP contribution in [0.4, 0.5) is 4.39 Å². The molecular formula is C11H10FNOS2. The molecule has 2 aromatic rings. The maximum atomic E-state index is 12.7. The van der Waals surface area contributed by atoms with Crippen molar-refractivity contribution >= 4 is 23.1 Å². The van der Waals surface area contributed by atoms with E-state index in [9.17, 15) is 4.39 Å². The Kier molecular flexibility index (Phi) is 3.93. The molecule has 0 fully saturated rings. The van der Waals surface area contributed by atoms with Gasteiger partial charge in [0.05, 0.1) is 17.2 Å². The Hall–Kier alpha value is -0.910. The molecule has 0 unspecified atom stereocenters. The van der Waals surface area contributed by atoms with Crippen molar-refractivity contribution in [1.82, 2.24) is 4.98 Å². The first kappa shape index (κ1) is 11.6. The molecule has 0 aliphatic rings. The Balaban J connectivity index is 1.94. The summed E-state index contributed by atoms with van der Waals surface area (Å²) in [5.74, 6) is 0.525. The monoisotopic (exact) mass is 255 g/mol. The fraction of sp³-hybridized carbons (Fsp3) is 0.182. The van der Waals surface area contributed by atoms with E-state index in [1.807, 2.05) is 0 Å². The van der Waals surface area contributed by atoms with Crippen molar-refractivity contribution in [3.8, 4) is 0 Å². The van der Waals surface area contributed by atoms with Crippen molar-refractivity contribution in [1.29, 1.82) is 0 Å². The molecule has 1 aromatic carbocycles. The van der Waals surface area contributed by atoms with E-state index in [1.165, 1.54) is 23.5 Å². The van der Waals surface area contributed by atoms with Gasteiger partial charge in [0.1, 0.15) is 10.8 Å². The van der Waals surface area contributed by atoms with Gasteiger partial charge in [-0.25, -0.2) is 9.37 Å². The lowest BCUT2D eigenvalue weighted by Gasteiger charge is -1.98. The third-order valence-corrected chi connectivity index (χ3v) is 4.12. The van der Waals surface area contributed by atoms with E-state index in [0.29, 0.717) is 0 Å². The van der Waals surface area contributed by atoms with Crippen LogP contribution in [0.1, 0.15) is 9.88 Å². The van der Waals surface area contributed by atoms with Gasteiger partial charge in [-0.3, -0.25) is 0 Å². The third-order valence-electron chi connectivity index (χ3n) is 1.93. The number of nitrogens with zero attached hydrogens (tertiary/aromatic N) is 1. The van der Waals surface area contributed by atoms with Crippen LogP contribution in [0.5, 0.6) is 0 Å². The van der Waals surface area contributed by atoms with E-state index in [0.717, 1.165) is 20.5 Å². The first-order chi connectivity index (χ1) is 7.78. The Morgan fingerprint density at radius 3 is 2.69 bits per heavy atom. The van der Waals surface area contributed by atoms with Crippen LogP contribution in [-0.4, -0.2) is 10.1 Å². The van der Waals surface area contributed by atoms with Crippen molar-refractivity contribution in [3.05, 3.63) is 46.2 Å². The van der Waals surface area contributed by atoms with E-state index in [1.54, 1.807) is 30.1 Å². The number of hydrogen-bond donors (Lipinski definition) is 1. The van der Waals surface area contributed by atoms with Crippen LogP contribution in [0.15, 0.2) is 35.4 Å². The van der Waals surface area contributed by atoms with Gasteiger partial charge < -0.3 is 5.11 Å². The Morgan fingerprint density at radius 1 is 1.31 bits per heavy atom. The highest BCUT2D eigenvalue weighted by Gasteiger charge is 2.02. The van der Waals surface area contributed by atoms with Crippen LogP contribution >= 0.6 is 23.1 Å². The van der Waals surface area contributed by atoms with Crippen LogP contribution in [-0.2, 0) is 12.4 Å². The molecule has 5 heteroatoms. The summed E-state index contributed by atoms with van der Waals surface area (Å²) in [5.41, 5.74) is 0. The molecule has 0 radical (unpaired) electrons. The van der Waals surface area contributed by atoms with Gasteiger partial charge >= 0.3 is 0 Å². The summed E-state index contributed by atoms with van der Waals surface area (Å²) in [6.07, 6.45) is 1.69. The highest BCUT2D eigenvalue weighted by molar-refractivity contribution is 7.98. The van der Waals surface area contributed by atoms with Crippen LogP contribution in [0.2, 0.25) is 0 Å². The topological polar surface area (TPSA) is 33.1 Å². The molecule has 0 saturated heterocycles. The average Bonchev–Trinajstić information content (AvgIpc) is 2.76. The quantitative estimate of drug-likeness (QED) is 0.852. The second-order valence-corrected chi connectivity index (χ2v) is 5.37. The summed E-state index contributed by atoms with van der Waals surface area (Å²) in [7, 11) is 0. The number of thiazole rings is 1. The molecule has 2 nitrogen and oxygen atoms in total. The van der Waals surface area contributed by atoms with Crippen molar-refractivity contribution in [2.45, 2.75) is 17.3 Å². The summed E-state index contributed by atoms with van der Waals surface area (Å²) in [6, 6.07) is 6.40. The lowest BCUT2D eigenvalue weighted by Crippen LogP contribution is -1.78. The SMILES string of the molecule is OCc1cnc(CSc2ccc(F)cc2)s1. The predicted octanol–water partition coefficient (Wildman–Crippen LogP) is 3.07. The van der Waals surface area contributed by atoms with Gasteiger partial charge in [-0.15, -0.1) is 23.1 Å². The molecule has 1 heterocycles. The highest BCUT2D eigenvalue weighted by atomic mass is 32.2. The van der Waals surface area contributed by atoms with Crippen molar-refractivity contribution < 1.29 is 9.50 Å². The number of aliphatic hydroxyl groups excluding tert-OH is 1. The number of aromatic nitrogens is 1. The minimum absolute atomic E-state index is 0.0406. The average molecular weight is 255 g/mol. The molecule has 0 aliphatic heterocycles. The zero-order valence-corrected chi connectivity index (χ0v) is 10.0. The maximum absolute atomic E-state index is 12.7. The fourth-order valence-electron chi connectivity index (χ4n) is 1.16. The highest BCUT2D eigenvalue weighted by Crippen LogP contribution is 2.25. The van der Waals surface area contributed by atoms with Gasteiger partial charge in [-0.05, 0) is 24.3 Å². The smallest absolute Gasteiger partial charge is 0.123 e. The maximum Gasteiger partial charge on any atom is 0.123 e. The van der Waals surface area contributed by atoms with Gasteiger partial charge in [0.2, 0.25) is 0 Å². The zero-order chi connectivity index (χ0) is 11.4. The number of halogens is 1. The number of aliphatic hydroxyl groups is 1. The van der Waals surface area contributed by atoms with Crippen molar-refractivity contribution in [2.75, 3.05) is 0 Å². The standard InChI is InChI=1S/C11H10FNOS2/c12-8-1-3-9(4-2-8)15-7-11-13-5-10(6-14)16-11/h1-5,14H,6-7H2. The lowest BCUT2D eigenvalue weighted by molar-refractivity contribution is 0.285. The number of rotatable bonds is 4. The molecular weight excluding hydrogens is 245 g/mol. The van der Waals surface area contributed by atoms with Crippen LogP contribution < -0.4 is 0 Å². The van der Waals surface area contributed by atoms with Gasteiger partial charge in [0.25, 0.3) is 0 Å². The van der Waals surface area contributed by atoms with Crippen LogP contribution in [0.3, 0.4) is 0 Å². The molecule has 0 spiro atoms. The number of thioether (sulfide) groups is 1. The third kappa shape index (κ3) is 3.04. The van der Waals surface area contributed by atoms with E-state index in [-0.39, 0.29) is 12.4 Å². The molecule has 2 rings (SSSR count). The molecule has 0 saturated carbocycles. The molecule has 0 aliphatic carbocycles. The molecule has 0 atom stereocenters. The zero-order valence-electron chi connectivity index (χ0n) is 8.39.